The maximum Gasteiger partial charge on any atom is 0.317 e. The fourth-order valence-corrected chi connectivity index (χ4v) is 1.87. The zero-order valence-corrected chi connectivity index (χ0v) is 11.9. The van der Waals surface area contributed by atoms with Crippen molar-refractivity contribution in [3.63, 3.8) is 0 Å². The number of hydrogen-bond acceptors (Lipinski definition) is 2. The number of halogens is 2. The van der Waals surface area contributed by atoms with Crippen molar-refractivity contribution in [1.29, 1.82) is 0 Å². The van der Waals surface area contributed by atoms with E-state index in [1.165, 1.54) is 23.1 Å². The quantitative estimate of drug-likeness (QED) is 0.895. The van der Waals surface area contributed by atoms with Crippen LogP contribution in [0.3, 0.4) is 0 Å². The second-order valence-corrected chi connectivity index (χ2v) is 4.89. The molecule has 0 aromatic heterocycles. The van der Waals surface area contributed by atoms with Crippen LogP contribution in [-0.2, 0) is 0 Å². The topological polar surface area (TPSA) is 52.6 Å². The number of benzene rings is 1. The molecule has 1 aromatic carbocycles. The Balaban J connectivity index is 2.74. The van der Waals surface area contributed by atoms with E-state index in [0.717, 1.165) is 0 Å². The fourth-order valence-electron chi connectivity index (χ4n) is 1.54. The largest absolute Gasteiger partial charge is 0.394 e. The number of aliphatic hydroxyl groups excluding tert-OH is 1. The number of aliphatic hydroxyl groups is 1. The summed E-state index contributed by atoms with van der Waals surface area (Å²) in [4.78, 5) is 13.3. The molecule has 0 radical (unpaired) electrons. The van der Waals surface area contributed by atoms with Gasteiger partial charge in [0.05, 0.1) is 18.7 Å². The van der Waals surface area contributed by atoms with Crippen molar-refractivity contribution >= 4 is 17.6 Å². The minimum absolute atomic E-state index is 0.115. The maximum absolute atomic E-state index is 12.9. The average Bonchev–Trinajstić information content (AvgIpc) is 2.36. The summed E-state index contributed by atoms with van der Waals surface area (Å²) in [5.74, 6) is -0.418. The zero-order valence-electron chi connectivity index (χ0n) is 11.2. The van der Waals surface area contributed by atoms with Crippen molar-refractivity contribution in [2.75, 3.05) is 13.7 Å². The number of urea groups is 1. The van der Waals surface area contributed by atoms with Crippen LogP contribution in [0.1, 0.15) is 25.5 Å². The third kappa shape index (κ3) is 4.08. The molecule has 0 fully saturated rings. The third-order valence-corrected chi connectivity index (χ3v) is 3.34. The highest BCUT2D eigenvalue weighted by molar-refractivity contribution is 6.31. The number of rotatable bonds is 4. The number of nitrogens with one attached hydrogen (secondary N) is 1. The van der Waals surface area contributed by atoms with Gasteiger partial charge in [-0.25, -0.2) is 9.18 Å². The molecule has 4 nitrogen and oxygen atoms in total. The first-order valence-corrected chi connectivity index (χ1v) is 6.33. The molecule has 2 atom stereocenters. The Hall–Kier alpha value is -1.33. The summed E-state index contributed by atoms with van der Waals surface area (Å²) in [6, 6.07) is 3.08. The van der Waals surface area contributed by atoms with Gasteiger partial charge in [-0.15, -0.1) is 0 Å². The lowest BCUT2D eigenvalue weighted by molar-refractivity contribution is 0.155. The van der Waals surface area contributed by atoms with Crippen LogP contribution in [0, 0.1) is 5.82 Å². The number of carbonyl (C=O) groups excluding carboxylic acids is 1. The molecule has 0 aliphatic rings. The van der Waals surface area contributed by atoms with Gasteiger partial charge in [-0.1, -0.05) is 17.7 Å². The summed E-state index contributed by atoms with van der Waals surface area (Å²) in [7, 11) is 1.59. The Kier molecular flexibility index (Phi) is 5.57. The molecular weight excluding hydrogens is 271 g/mol. The van der Waals surface area contributed by atoms with Gasteiger partial charge in [0.25, 0.3) is 0 Å². The van der Waals surface area contributed by atoms with Gasteiger partial charge in [0, 0.05) is 12.1 Å². The average molecular weight is 289 g/mol. The smallest absolute Gasteiger partial charge is 0.317 e. The Morgan fingerprint density at radius 1 is 1.53 bits per heavy atom. The molecule has 0 bridgehead atoms. The molecule has 6 heteroatoms. The van der Waals surface area contributed by atoms with Crippen LogP contribution in [0.5, 0.6) is 0 Å². The molecule has 19 heavy (non-hydrogen) atoms. The van der Waals surface area contributed by atoms with Crippen LogP contribution in [0.15, 0.2) is 18.2 Å². The lowest BCUT2D eigenvalue weighted by atomic mass is 10.1. The minimum Gasteiger partial charge on any atom is -0.394 e. The van der Waals surface area contributed by atoms with E-state index < -0.39 is 5.82 Å². The van der Waals surface area contributed by atoms with Gasteiger partial charge >= 0.3 is 6.03 Å². The highest BCUT2D eigenvalue weighted by atomic mass is 35.5. The molecule has 0 aliphatic carbocycles. The lowest BCUT2D eigenvalue weighted by Gasteiger charge is -2.26. The number of likely N-dealkylation sites (N-methyl/N-ethyl adjacent to an activating group) is 1. The van der Waals surface area contributed by atoms with E-state index in [-0.39, 0.29) is 29.7 Å². The van der Waals surface area contributed by atoms with Crippen LogP contribution >= 0.6 is 11.6 Å². The molecule has 0 heterocycles. The van der Waals surface area contributed by atoms with E-state index in [0.29, 0.717) is 5.56 Å². The van der Waals surface area contributed by atoms with Crippen molar-refractivity contribution in [2.24, 2.45) is 0 Å². The van der Waals surface area contributed by atoms with E-state index in [9.17, 15) is 9.18 Å². The standard InChI is InChI=1S/C13H18ClFN2O2/c1-8(7-18)17(3)13(19)16-9(2)11-5-4-10(15)6-12(11)14/h4-6,8-9,18H,7H2,1-3H3,(H,16,19). The third-order valence-electron chi connectivity index (χ3n) is 3.01. The summed E-state index contributed by atoms with van der Waals surface area (Å²) in [6.07, 6.45) is 0. The molecule has 2 unspecified atom stereocenters. The van der Waals surface area contributed by atoms with Gasteiger partial charge in [-0.3, -0.25) is 0 Å². The molecule has 1 rings (SSSR count). The van der Waals surface area contributed by atoms with Gasteiger partial charge in [-0.05, 0) is 31.5 Å². The molecule has 1 aromatic rings. The molecule has 106 valence electrons. The monoisotopic (exact) mass is 288 g/mol. The van der Waals surface area contributed by atoms with Gasteiger partial charge < -0.3 is 15.3 Å². The Bertz CT molecular complexity index is 456. The number of carbonyl (C=O) groups is 1. The summed E-state index contributed by atoms with van der Waals surface area (Å²) in [5.41, 5.74) is 0.640. The van der Waals surface area contributed by atoms with E-state index >= 15 is 0 Å². The van der Waals surface area contributed by atoms with Crippen molar-refractivity contribution in [2.45, 2.75) is 25.9 Å². The van der Waals surface area contributed by atoms with Crippen LogP contribution in [-0.4, -0.2) is 35.7 Å². The molecule has 2 N–H and O–H groups in total. The highest BCUT2D eigenvalue weighted by Crippen LogP contribution is 2.23. The highest BCUT2D eigenvalue weighted by Gasteiger charge is 2.18. The molecular formula is C13H18ClFN2O2. The number of hydrogen-bond donors (Lipinski definition) is 2. The van der Waals surface area contributed by atoms with Gasteiger partial charge in [0.15, 0.2) is 0 Å². The van der Waals surface area contributed by atoms with Crippen LogP contribution < -0.4 is 5.32 Å². The van der Waals surface area contributed by atoms with E-state index in [1.54, 1.807) is 20.9 Å². The Labute approximate surface area is 117 Å². The van der Waals surface area contributed by atoms with Crippen LogP contribution in [0.4, 0.5) is 9.18 Å². The summed E-state index contributed by atoms with van der Waals surface area (Å²) in [5, 5.41) is 12.0. The molecule has 0 saturated carbocycles. The first kappa shape index (κ1) is 15.7. The summed E-state index contributed by atoms with van der Waals surface area (Å²) in [6.45, 7) is 3.37. The first-order valence-electron chi connectivity index (χ1n) is 5.96. The first-order chi connectivity index (χ1) is 8.86. The predicted molar refractivity (Wildman–Crippen MR) is 72.7 cm³/mol. The molecule has 0 spiro atoms. The number of nitrogens with zero attached hydrogens (tertiary/aromatic N) is 1. The summed E-state index contributed by atoms with van der Waals surface area (Å²) >= 11 is 5.93. The van der Waals surface area contributed by atoms with Crippen molar-refractivity contribution < 1.29 is 14.3 Å². The van der Waals surface area contributed by atoms with Crippen molar-refractivity contribution in [1.82, 2.24) is 10.2 Å². The van der Waals surface area contributed by atoms with Crippen molar-refractivity contribution in [3.05, 3.63) is 34.6 Å². The summed E-state index contributed by atoms with van der Waals surface area (Å²) < 4.78 is 12.9. The SMILES string of the molecule is CC(NC(=O)N(C)C(C)CO)c1ccc(F)cc1Cl. The fraction of sp³-hybridized carbons (Fsp3) is 0.462. The van der Waals surface area contributed by atoms with Gasteiger partial charge in [0.1, 0.15) is 5.82 Å². The minimum atomic E-state index is -0.418. The molecule has 0 saturated heterocycles. The van der Waals surface area contributed by atoms with Crippen molar-refractivity contribution in [3.8, 4) is 0 Å². The Morgan fingerprint density at radius 3 is 2.68 bits per heavy atom. The van der Waals surface area contributed by atoms with E-state index in [1.807, 2.05) is 0 Å². The second-order valence-electron chi connectivity index (χ2n) is 4.48. The maximum atomic E-state index is 12.9. The molecule has 2 amide bonds. The van der Waals surface area contributed by atoms with Gasteiger partial charge in [-0.2, -0.15) is 0 Å². The second kappa shape index (κ2) is 6.73. The van der Waals surface area contributed by atoms with Gasteiger partial charge in [0.2, 0.25) is 0 Å². The predicted octanol–water partition coefficient (Wildman–Crippen LogP) is 2.56. The number of amides is 2. The van der Waals surface area contributed by atoms with E-state index in [4.69, 9.17) is 16.7 Å². The van der Waals surface area contributed by atoms with Crippen LogP contribution in [0.2, 0.25) is 5.02 Å². The lowest BCUT2D eigenvalue weighted by Crippen LogP contribution is -2.44. The zero-order chi connectivity index (χ0) is 14.6. The normalized spacial score (nSPS) is 13.8. The van der Waals surface area contributed by atoms with Crippen LogP contribution in [0.25, 0.3) is 0 Å². The van der Waals surface area contributed by atoms with E-state index in [2.05, 4.69) is 5.32 Å². The molecule has 0 aliphatic heterocycles. The Morgan fingerprint density at radius 2 is 2.16 bits per heavy atom.